The lowest BCUT2D eigenvalue weighted by molar-refractivity contribution is -0.148. The van der Waals surface area contributed by atoms with Gasteiger partial charge in [0.1, 0.15) is 5.78 Å². The minimum Gasteiger partial charge on any atom is -0.465 e. The predicted octanol–water partition coefficient (Wildman–Crippen LogP) is 5.03. The molecule has 2 amide bonds. The fourth-order valence-corrected chi connectivity index (χ4v) is 4.94. The average molecular weight is 605 g/mol. The Morgan fingerprint density at radius 1 is 0.833 bits per heavy atom. The van der Waals surface area contributed by atoms with Gasteiger partial charge in [-0.25, -0.2) is 0 Å². The Labute approximate surface area is 256 Å². The van der Waals surface area contributed by atoms with E-state index in [0.717, 1.165) is 5.56 Å². The van der Waals surface area contributed by atoms with Gasteiger partial charge in [0.15, 0.2) is 5.78 Å². The molecule has 9 heteroatoms. The van der Waals surface area contributed by atoms with E-state index in [0.29, 0.717) is 31.6 Å². The van der Waals surface area contributed by atoms with Gasteiger partial charge in [-0.3, -0.25) is 24.0 Å². The topological polar surface area (TPSA) is 119 Å². The molecule has 0 saturated heterocycles. The minimum absolute atomic E-state index is 0.0458. The molecule has 0 aliphatic carbocycles. The summed E-state index contributed by atoms with van der Waals surface area (Å²) in [6.45, 7) is 12.0. The first-order valence-corrected chi connectivity index (χ1v) is 16.5. The highest BCUT2D eigenvalue weighted by Gasteiger charge is 2.31. The van der Waals surface area contributed by atoms with Crippen LogP contribution in [0.5, 0.6) is 0 Å². The molecule has 0 fully saturated rings. The minimum atomic E-state index is -0.783. The summed E-state index contributed by atoms with van der Waals surface area (Å²) >= 11 is 1.59. The molecule has 236 valence electrons. The van der Waals surface area contributed by atoms with E-state index in [1.165, 1.54) is 0 Å². The van der Waals surface area contributed by atoms with Gasteiger partial charge in [-0.1, -0.05) is 71.9 Å². The number of carbonyl (C=O) groups is 5. The number of hydrogen-bond donors (Lipinski definition) is 2. The zero-order valence-corrected chi connectivity index (χ0v) is 27.4. The maximum Gasteiger partial charge on any atom is 0.306 e. The number of carbonyl (C=O) groups excluding carboxylic acids is 5. The number of ether oxygens (including phenoxy) is 1. The second-order valence-corrected chi connectivity index (χ2v) is 13.2. The fourth-order valence-electron chi connectivity index (χ4n) is 4.42. The molecule has 3 unspecified atom stereocenters. The lowest BCUT2D eigenvalue weighted by atomic mass is 9.88. The monoisotopic (exact) mass is 604 g/mol. The van der Waals surface area contributed by atoms with Crippen LogP contribution in [-0.4, -0.2) is 60.6 Å². The number of nitrogens with one attached hydrogen (secondary N) is 2. The van der Waals surface area contributed by atoms with Crippen LogP contribution in [0.25, 0.3) is 0 Å². The maximum atomic E-state index is 13.7. The van der Waals surface area contributed by atoms with Crippen LogP contribution >= 0.6 is 11.8 Å². The highest BCUT2D eigenvalue weighted by Crippen LogP contribution is 2.19. The van der Waals surface area contributed by atoms with Gasteiger partial charge >= 0.3 is 5.97 Å². The van der Waals surface area contributed by atoms with Crippen LogP contribution in [0.2, 0.25) is 0 Å². The standard InChI is InChI=1S/C33H52N2O6S/c1-22(2)17-28(35-33(40)26(14-16-42-7)20-31(38)41-21-23(3)4)30(37)19-27(18-25-11-9-8-10-12-25)32(39)34-15-13-29(36)24(5)6/h8-12,22-24,26-28H,13-21H2,1-7H3,(H,34,39)(H,35,40). The van der Waals surface area contributed by atoms with Crippen molar-refractivity contribution in [2.75, 3.05) is 25.2 Å². The van der Waals surface area contributed by atoms with Crippen LogP contribution in [0.15, 0.2) is 30.3 Å². The number of ketones is 2. The molecule has 0 heterocycles. The Morgan fingerprint density at radius 3 is 2.07 bits per heavy atom. The Balaban J connectivity index is 3.06. The number of Topliss-reactive ketones (excluding diaryl/α,β-unsaturated/α-hetero) is 2. The Hall–Kier alpha value is -2.68. The van der Waals surface area contributed by atoms with Gasteiger partial charge in [0, 0.05) is 37.1 Å². The van der Waals surface area contributed by atoms with E-state index >= 15 is 0 Å². The number of benzene rings is 1. The van der Waals surface area contributed by atoms with E-state index in [-0.39, 0.29) is 66.9 Å². The largest absolute Gasteiger partial charge is 0.465 e. The summed E-state index contributed by atoms with van der Waals surface area (Å²) in [6, 6.07) is 8.70. The third kappa shape index (κ3) is 15.5. The van der Waals surface area contributed by atoms with Crippen molar-refractivity contribution in [2.24, 2.45) is 29.6 Å². The fraction of sp³-hybridized carbons (Fsp3) is 0.667. The smallest absolute Gasteiger partial charge is 0.306 e. The highest BCUT2D eigenvalue weighted by atomic mass is 32.2. The lowest BCUT2D eigenvalue weighted by Gasteiger charge is -2.25. The van der Waals surface area contributed by atoms with Crippen LogP contribution in [0, 0.1) is 29.6 Å². The summed E-state index contributed by atoms with van der Waals surface area (Å²) in [4.78, 5) is 64.8. The molecule has 0 spiro atoms. The molecule has 0 radical (unpaired) electrons. The second kappa shape index (κ2) is 20.3. The van der Waals surface area contributed by atoms with E-state index in [9.17, 15) is 24.0 Å². The summed E-state index contributed by atoms with van der Waals surface area (Å²) < 4.78 is 5.32. The number of thioether (sulfide) groups is 1. The van der Waals surface area contributed by atoms with Gasteiger partial charge in [0.05, 0.1) is 19.1 Å². The molecule has 1 aromatic rings. The van der Waals surface area contributed by atoms with Crippen molar-refractivity contribution < 1.29 is 28.7 Å². The van der Waals surface area contributed by atoms with Crippen molar-refractivity contribution in [1.82, 2.24) is 10.6 Å². The first-order chi connectivity index (χ1) is 19.8. The molecule has 0 aliphatic rings. The Bertz CT molecular complexity index is 996. The SMILES string of the molecule is CSCCC(CC(=O)OCC(C)C)C(=O)NC(CC(C)C)C(=O)CC(Cc1ccccc1)C(=O)NCCC(=O)C(C)C. The zero-order chi connectivity index (χ0) is 31.7. The Morgan fingerprint density at radius 2 is 1.50 bits per heavy atom. The molecule has 0 aliphatic heterocycles. The lowest BCUT2D eigenvalue weighted by Crippen LogP contribution is -2.46. The number of esters is 1. The maximum absolute atomic E-state index is 13.7. The van der Waals surface area contributed by atoms with E-state index < -0.39 is 23.8 Å². The van der Waals surface area contributed by atoms with Crippen molar-refractivity contribution in [2.45, 2.75) is 86.1 Å². The molecular formula is C33H52N2O6S. The van der Waals surface area contributed by atoms with Crippen LogP contribution in [0.1, 0.15) is 79.2 Å². The number of amides is 2. The molecular weight excluding hydrogens is 552 g/mol. The van der Waals surface area contributed by atoms with Crippen molar-refractivity contribution >= 4 is 41.1 Å². The summed E-state index contributed by atoms with van der Waals surface area (Å²) in [5.74, 6) is -1.59. The molecule has 0 aromatic heterocycles. The first-order valence-electron chi connectivity index (χ1n) is 15.2. The third-order valence-electron chi connectivity index (χ3n) is 6.90. The average Bonchev–Trinajstić information content (AvgIpc) is 2.93. The van der Waals surface area contributed by atoms with Gasteiger partial charge in [0.25, 0.3) is 0 Å². The summed E-state index contributed by atoms with van der Waals surface area (Å²) in [7, 11) is 0. The van der Waals surface area contributed by atoms with E-state index in [1.54, 1.807) is 11.8 Å². The van der Waals surface area contributed by atoms with Gasteiger partial charge < -0.3 is 15.4 Å². The zero-order valence-electron chi connectivity index (χ0n) is 26.6. The Kier molecular flexibility index (Phi) is 18.0. The van der Waals surface area contributed by atoms with Gasteiger partial charge in [-0.05, 0) is 48.7 Å². The van der Waals surface area contributed by atoms with Crippen LogP contribution < -0.4 is 10.6 Å². The van der Waals surface area contributed by atoms with E-state index in [4.69, 9.17) is 4.74 Å². The van der Waals surface area contributed by atoms with Crippen molar-refractivity contribution in [1.29, 1.82) is 0 Å². The number of hydrogen-bond acceptors (Lipinski definition) is 7. The van der Waals surface area contributed by atoms with Crippen molar-refractivity contribution in [3.05, 3.63) is 35.9 Å². The molecule has 0 saturated carbocycles. The molecule has 1 rings (SSSR count). The summed E-state index contributed by atoms with van der Waals surface area (Å²) in [6.07, 6.45) is 3.34. The second-order valence-electron chi connectivity index (χ2n) is 12.2. The third-order valence-corrected chi connectivity index (χ3v) is 7.55. The van der Waals surface area contributed by atoms with E-state index in [1.807, 2.05) is 78.1 Å². The highest BCUT2D eigenvalue weighted by molar-refractivity contribution is 7.98. The first kappa shape index (κ1) is 37.3. The van der Waals surface area contributed by atoms with Crippen molar-refractivity contribution in [3.8, 4) is 0 Å². The molecule has 42 heavy (non-hydrogen) atoms. The number of rotatable bonds is 21. The summed E-state index contributed by atoms with van der Waals surface area (Å²) in [5.41, 5.74) is 0.921. The predicted molar refractivity (Wildman–Crippen MR) is 169 cm³/mol. The quantitative estimate of drug-likeness (QED) is 0.189. The van der Waals surface area contributed by atoms with Gasteiger partial charge in [-0.15, -0.1) is 0 Å². The molecule has 0 bridgehead atoms. The summed E-state index contributed by atoms with van der Waals surface area (Å²) in [5, 5.41) is 5.77. The van der Waals surface area contributed by atoms with Crippen LogP contribution in [0.3, 0.4) is 0 Å². The van der Waals surface area contributed by atoms with Crippen LogP contribution in [0.4, 0.5) is 0 Å². The van der Waals surface area contributed by atoms with E-state index in [2.05, 4.69) is 10.6 Å². The van der Waals surface area contributed by atoms with Gasteiger partial charge in [-0.2, -0.15) is 11.8 Å². The molecule has 1 aromatic carbocycles. The van der Waals surface area contributed by atoms with Gasteiger partial charge in [0.2, 0.25) is 11.8 Å². The van der Waals surface area contributed by atoms with Crippen molar-refractivity contribution in [3.63, 3.8) is 0 Å². The molecule has 2 N–H and O–H groups in total. The molecule has 8 nitrogen and oxygen atoms in total. The normalized spacial score (nSPS) is 13.5. The molecule has 3 atom stereocenters. The van der Waals surface area contributed by atoms with Crippen LogP contribution in [-0.2, 0) is 35.1 Å².